The number of ether oxygens (including phenoxy) is 2. The number of hydrogen-bond acceptors (Lipinski definition) is 7. The second-order valence-corrected chi connectivity index (χ2v) is 5.96. The standard InChI is InChI=1S/C9H10BrN2O7P/c10-5-6(14)8(18-3-20(16)17)19-7(5)12-2-1-4(13)11-9(12)15/h1-2,5-8,14H,3H2,(H,11,13,15)/t5-,6+,7-,8+/m1/s1. The van der Waals surface area contributed by atoms with Crippen molar-refractivity contribution in [3.8, 4) is 0 Å². The molecule has 0 aromatic carbocycles. The van der Waals surface area contributed by atoms with Crippen molar-refractivity contribution >= 4 is 23.6 Å². The maximum Gasteiger partial charge on any atom is 0.342 e. The summed E-state index contributed by atoms with van der Waals surface area (Å²) in [6, 6.07) is 1.12. The van der Waals surface area contributed by atoms with Crippen LogP contribution in [0.1, 0.15) is 6.23 Å². The number of aliphatic hydroxyl groups excluding tert-OH is 1. The Labute approximate surface area is 120 Å². The number of alkyl halides is 1. The number of nitrogens with one attached hydrogen (secondary N) is 1. The lowest BCUT2D eigenvalue weighted by Gasteiger charge is -2.16. The van der Waals surface area contributed by atoms with E-state index in [2.05, 4.69) is 15.9 Å². The molecule has 0 aliphatic carbocycles. The number of nitrogens with zero attached hydrogens (tertiary/aromatic N) is 1. The topological polar surface area (TPSA) is 128 Å². The van der Waals surface area contributed by atoms with Crippen LogP contribution in [0.25, 0.3) is 0 Å². The molecule has 1 aromatic heterocycles. The lowest BCUT2D eigenvalue weighted by atomic mass is 10.2. The van der Waals surface area contributed by atoms with Gasteiger partial charge in [-0.2, -0.15) is 0 Å². The Morgan fingerprint density at radius 2 is 2.20 bits per heavy atom. The fraction of sp³-hybridized carbons (Fsp3) is 0.556. The smallest absolute Gasteiger partial charge is 0.342 e. The number of halogens is 1. The van der Waals surface area contributed by atoms with E-state index in [0.717, 1.165) is 10.6 Å². The van der Waals surface area contributed by atoms with Crippen molar-refractivity contribution in [2.75, 3.05) is 6.35 Å². The average molecular weight is 369 g/mol. The number of hydrogen-bond donors (Lipinski definition) is 2. The van der Waals surface area contributed by atoms with Gasteiger partial charge in [-0.1, -0.05) is 15.9 Å². The van der Waals surface area contributed by atoms with E-state index in [4.69, 9.17) is 9.47 Å². The highest BCUT2D eigenvalue weighted by Crippen LogP contribution is 2.34. The first kappa shape index (κ1) is 15.3. The molecule has 1 aromatic rings. The molecule has 110 valence electrons. The maximum absolute atomic E-state index is 11.6. The summed E-state index contributed by atoms with van der Waals surface area (Å²) in [7, 11) is -2.77. The first-order valence-corrected chi connectivity index (χ1v) is 7.70. The molecule has 1 aliphatic heterocycles. The predicted octanol–water partition coefficient (Wildman–Crippen LogP) is -0.337. The van der Waals surface area contributed by atoms with Crippen LogP contribution in [0.4, 0.5) is 0 Å². The molecule has 1 fully saturated rings. The zero-order valence-corrected chi connectivity index (χ0v) is 12.3. The molecular formula is C9H10BrN2O7P. The largest absolute Gasteiger partial charge is 0.386 e. The van der Waals surface area contributed by atoms with Crippen molar-refractivity contribution < 1.29 is 23.7 Å². The molecule has 4 atom stereocenters. The lowest BCUT2D eigenvalue weighted by Crippen LogP contribution is -2.35. The van der Waals surface area contributed by atoms with Crippen LogP contribution >= 0.6 is 23.6 Å². The molecular weight excluding hydrogens is 359 g/mol. The van der Waals surface area contributed by atoms with Crippen LogP contribution in [-0.2, 0) is 18.6 Å². The Morgan fingerprint density at radius 3 is 2.80 bits per heavy atom. The molecule has 2 rings (SSSR count). The van der Waals surface area contributed by atoms with E-state index in [1.165, 1.54) is 6.20 Å². The Balaban J connectivity index is 2.21. The van der Waals surface area contributed by atoms with Crippen molar-refractivity contribution in [1.29, 1.82) is 0 Å². The van der Waals surface area contributed by atoms with Crippen molar-refractivity contribution in [3.05, 3.63) is 33.1 Å². The van der Waals surface area contributed by atoms with Gasteiger partial charge in [0.05, 0.1) is 4.83 Å². The summed E-state index contributed by atoms with van der Waals surface area (Å²) < 4.78 is 32.1. The van der Waals surface area contributed by atoms with Crippen molar-refractivity contribution in [2.45, 2.75) is 23.4 Å². The second-order valence-electron chi connectivity index (χ2n) is 3.98. The molecule has 9 nitrogen and oxygen atoms in total. The minimum Gasteiger partial charge on any atom is -0.386 e. The minimum absolute atomic E-state index is 0.563. The van der Waals surface area contributed by atoms with Crippen LogP contribution in [0.5, 0.6) is 0 Å². The van der Waals surface area contributed by atoms with E-state index in [1.54, 1.807) is 0 Å². The fourth-order valence-corrected chi connectivity index (χ4v) is 2.63. The molecule has 2 heterocycles. The Morgan fingerprint density at radius 1 is 1.50 bits per heavy atom. The average Bonchev–Trinajstić information content (AvgIpc) is 2.64. The van der Waals surface area contributed by atoms with E-state index >= 15 is 0 Å². The second kappa shape index (κ2) is 6.15. The van der Waals surface area contributed by atoms with Gasteiger partial charge >= 0.3 is 13.4 Å². The summed E-state index contributed by atoms with van der Waals surface area (Å²) >= 11 is 3.15. The summed E-state index contributed by atoms with van der Waals surface area (Å²) in [5.74, 6) is 0. The van der Waals surface area contributed by atoms with Gasteiger partial charge in [0.1, 0.15) is 6.10 Å². The van der Waals surface area contributed by atoms with Crippen molar-refractivity contribution in [1.82, 2.24) is 9.55 Å². The van der Waals surface area contributed by atoms with E-state index in [1.807, 2.05) is 4.98 Å². The molecule has 0 bridgehead atoms. The quantitative estimate of drug-likeness (QED) is 0.549. The molecule has 0 unspecified atom stereocenters. The SMILES string of the molecule is O=c1ccn([C@@H]2O[C@H](OCP(=O)=O)[C@@H](O)[C@H]2Br)c(=O)[nH]1. The zero-order chi connectivity index (χ0) is 14.9. The van der Waals surface area contributed by atoms with Crippen LogP contribution in [0.3, 0.4) is 0 Å². The van der Waals surface area contributed by atoms with Crippen LogP contribution < -0.4 is 11.2 Å². The van der Waals surface area contributed by atoms with Crippen molar-refractivity contribution in [2.24, 2.45) is 0 Å². The minimum atomic E-state index is -2.77. The first-order chi connectivity index (χ1) is 9.40. The third kappa shape index (κ3) is 3.15. The Bertz CT molecular complexity index is 661. The summed E-state index contributed by atoms with van der Waals surface area (Å²) in [4.78, 5) is 24.0. The molecule has 0 spiro atoms. The van der Waals surface area contributed by atoms with Gasteiger partial charge in [0.15, 0.2) is 18.9 Å². The van der Waals surface area contributed by atoms with Crippen LogP contribution in [0, 0.1) is 0 Å². The normalized spacial score (nSPS) is 29.5. The summed E-state index contributed by atoms with van der Waals surface area (Å²) in [5, 5.41) is 9.87. The zero-order valence-electron chi connectivity index (χ0n) is 9.84. The lowest BCUT2D eigenvalue weighted by molar-refractivity contribution is -0.166. The molecule has 0 amide bonds. The van der Waals surface area contributed by atoms with Crippen LogP contribution in [0.2, 0.25) is 0 Å². The van der Waals surface area contributed by atoms with Crippen LogP contribution in [-0.4, -0.2) is 38.2 Å². The summed E-state index contributed by atoms with van der Waals surface area (Å²) in [6.07, 6.45) is -2.71. The van der Waals surface area contributed by atoms with Gasteiger partial charge in [-0.3, -0.25) is 14.3 Å². The Kier molecular flexibility index (Phi) is 4.71. The summed E-state index contributed by atoms with van der Waals surface area (Å²) in [6.45, 7) is 0. The van der Waals surface area contributed by atoms with Gasteiger partial charge in [0, 0.05) is 12.3 Å². The van der Waals surface area contributed by atoms with Crippen molar-refractivity contribution in [3.63, 3.8) is 0 Å². The third-order valence-electron chi connectivity index (χ3n) is 2.62. The predicted molar refractivity (Wildman–Crippen MR) is 68.2 cm³/mol. The van der Waals surface area contributed by atoms with E-state index in [0.29, 0.717) is 0 Å². The third-order valence-corrected chi connectivity index (χ3v) is 3.97. The molecule has 11 heteroatoms. The Hall–Kier alpha value is -1.06. The number of aliphatic hydroxyl groups is 1. The van der Waals surface area contributed by atoms with Crippen LogP contribution in [0.15, 0.2) is 21.9 Å². The molecule has 0 radical (unpaired) electrons. The first-order valence-electron chi connectivity index (χ1n) is 5.42. The van der Waals surface area contributed by atoms with E-state index in [9.17, 15) is 23.8 Å². The number of H-pyrrole nitrogens is 1. The molecule has 2 N–H and O–H groups in total. The van der Waals surface area contributed by atoms with Gasteiger partial charge in [0.25, 0.3) is 5.56 Å². The van der Waals surface area contributed by atoms with Gasteiger partial charge < -0.3 is 14.6 Å². The highest BCUT2D eigenvalue weighted by Gasteiger charge is 2.44. The van der Waals surface area contributed by atoms with E-state index in [-0.39, 0.29) is 0 Å². The highest BCUT2D eigenvalue weighted by molar-refractivity contribution is 9.09. The maximum atomic E-state index is 11.6. The number of rotatable bonds is 4. The number of aromatic nitrogens is 2. The van der Waals surface area contributed by atoms with Gasteiger partial charge in [-0.15, -0.1) is 0 Å². The number of aromatic amines is 1. The highest BCUT2D eigenvalue weighted by atomic mass is 79.9. The monoisotopic (exact) mass is 368 g/mol. The summed E-state index contributed by atoms with van der Waals surface area (Å²) in [5.41, 5.74) is -1.28. The molecule has 20 heavy (non-hydrogen) atoms. The molecule has 1 saturated heterocycles. The van der Waals surface area contributed by atoms with Gasteiger partial charge in [0.2, 0.25) is 0 Å². The van der Waals surface area contributed by atoms with Gasteiger partial charge in [-0.05, 0) is 0 Å². The fourth-order valence-electron chi connectivity index (χ4n) is 1.73. The molecule has 0 saturated carbocycles. The van der Waals surface area contributed by atoms with Gasteiger partial charge in [-0.25, -0.2) is 13.9 Å². The molecule has 1 aliphatic rings. The van der Waals surface area contributed by atoms with E-state index < -0.39 is 48.7 Å².